The van der Waals surface area contributed by atoms with Crippen molar-refractivity contribution >= 4 is 50.8 Å². The van der Waals surface area contributed by atoms with Crippen molar-refractivity contribution in [3.8, 4) is 0 Å². The van der Waals surface area contributed by atoms with Gasteiger partial charge in [0, 0.05) is 13.9 Å². The number of halogens is 2. The zero-order chi connectivity index (χ0) is 14.8. The molecule has 0 radical (unpaired) electrons. The molecule has 108 valence electrons. The van der Waals surface area contributed by atoms with Crippen LogP contribution >= 0.6 is 45.2 Å². The van der Waals surface area contributed by atoms with Crippen LogP contribution in [-0.2, 0) is 0 Å². The molecule has 0 spiro atoms. The molecule has 3 atom stereocenters. The minimum atomic E-state index is 0.509. The van der Waals surface area contributed by atoms with Crippen molar-refractivity contribution < 1.29 is 0 Å². The molecule has 0 saturated heterocycles. The summed E-state index contributed by atoms with van der Waals surface area (Å²) < 4.78 is 2.41. The van der Waals surface area contributed by atoms with Gasteiger partial charge in [0.2, 0.25) is 0 Å². The van der Waals surface area contributed by atoms with Crippen LogP contribution in [0.15, 0.2) is 64.8 Å². The highest BCUT2D eigenvalue weighted by Crippen LogP contribution is 2.50. The van der Waals surface area contributed by atoms with E-state index in [1.165, 1.54) is 20.3 Å². The summed E-state index contributed by atoms with van der Waals surface area (Å²) in [5.41, 5.74) is 4.44. The molecule has 0 N–H and O–H groups in total. The molecular weight excluding hydrogens is 482 g/mol. The smallest absolute Gasteiger partial charge is 0.0181 e. The second kappa shape index (κ2) is 6.82. The second-order valence-corrected chi connectivity index (χ2v) is 7.67. The van der Waals surface area contributed by atoms with Gasteiger partial charge in [-0.25, -0.2) is 0 Å². The van der Waals surface area contributed by atoms with Gasteiger partial charge in [0.05, 0.1) is 0 Å². The van der Waals surface area contributed by atoms with Crippen molar-refractivity contribution in [2.75, 3.05) is 4.43 Å². The van der Waals surface area contributed by atoms with Gasteiger partial charge in [-0.1, -0.05) is 77.2 Å². The van der Waals surface area contributed by atoms with E-state index >= 15 is 0 Å². The number of benzene rings is 1. The molecule has 0 aromatic heterocycles. The first kappa shape index (κ1) is 15.5. The van der Waals surface area contributed by atoms with Crippen molar-refractivity contribution in [1.29, 1.82) is 0 Å². The summed E-state index contributed by atoms with van der Waals surface area (Å²) in [4.78, 5) is 0. The normalized spacial score (nSPS) is 28.8. The van der Waals surface area contributed by atoms with E-state index in [2.05, 4.69) is 106 Å². The first-order chi connectivity index (χ1) is 10.3. The predicted molar refractivity (Wildman–Crippen MR) is 109 cm³/mol. The first-order valence-corrected chi connectivity index (χ1v) is 9.88. The van der Waals surface area contributed by atoms with Gasteiger partial charge in [-0.15, -0.1) is 6.58 Å². The monoisotopic (exact) mass is 500 g/mol. The largest absolute Gasteiger partial charge is 0.103 e. The lowest BCUT2D eigenvalue weighted by Gasteiger charge is -2.40. The molecule has 2 aliphatic rings. The number of alkyl halides is 1. The Hall–Kier alpha value is -0.360. The number of hydrogen-bond donors (Lipinski definition) is 0. The lowest BCUT2D eigenvalue weighted by molar-refractivity contribution is 0.433. The van der Waals surface area contributed by atoms with Crippen LogP contribution in [0.1, 0.15) is 23.5 Å². The Morgan fingerprint density at radius 3 is 2.81 bits per heavy atom. The van der Waals surface area contributed by atoms with Crippen LogP contribution in [0, 0.1) is 11.8 Å². The summed E-state index contributed by atoms with van der Waals surface area (Å²) in [7, 11) is 0. The summed E-state index contributed by atoms with van der Waals surface area (Å²) in [6.07, 6.45) is 12.6. The third-order valence-corrected chi connectivity index (χ3v) is 5.60. The third kappa shape index (κ3) is 2.93. The van der Waals surface area contributed by atoms with Crippen LogP contribution in [0.2, 0.25) is 0 Å². The fraction of sp³-hybridized carbons (Fsp3) is 0.263. The van der Waals surface area contributed by atoms with Gasteiger partial charge in [0.25, 0.3) is 0 Å². The highest BCUT2D eigenvalue weighted by atomic mass is 127. The van der Waals surface area contributed by atoms with Crippen molar-refractivity contribution in [2.45, 2.75) is 12.3 Å². The quantitative estimate of drug-likeness (QED) is 0.260. The summed E-state index contributed by atoms with van der Waals surface area (Å²) >= 11 is 4.88. The standard InChI is InChI=1S/C19H18I2/c1-2-5-14-17-9-8-13(21)12-19(17)16-7-4-3-6-15(16)18(14)10-11-20/h2-4,6-10,12,14,17,19H,1,5,11H2/b18-10+. The van der Waals surface area contributed by atoms with Crippen LogP contribution in [0.4, 0.5) is 0 Å². The topological polar surface area (TPSA) is 0 Å². The summed E-state index contributed by atoms with van der Waals surface area (Å²) in [6.45, 7) is 3.99. The number of fused-ring (bicyclic) bond motifs is 3. The molecule has 3 rings (SSSR count). The number of allylic oxidation sites excluding steroid dienone is 7. The molecule has 1 aromatic carbocycles. The summed E-state index contributed by atoms with van der Waals surface area (Å²) in [6, 6.07) is 8.93. The average molecular weight is 500 g/mol. The van der Waals surface area contributed by atoms with E-state index in [1.807, 2.05) is 0 Å². The molecule has 3 unspecified atom stereocenters. The zero-order valence-corrected chi connectivity index (χ0v) is 16.1. The Balaban J connectivity index is 2.18. The molecule has 2 heteroatoms. The maximum Gasteiger partial charge on any atom is 0.0181 e. The molecule has 0 nitrogen and oxygen atoms in total. The minimum absolute atomic E-state index is 0.509. The minimum Gasteiger partial charge on any atom is -0.103 e. The fourth-order valence-corrected chi connectivity index (χ4v) is 4.68. The van der Waals surface area contributed by atoms with E-state index in [0.29, 0.717) is 17.8 Å². The van der Waals surface area contributed by atoms with Crippen molar-refractivity contribution in [3.63, 3.8) is 0 Å². The number of rotatable bonds is 3. The second-order valence-electron chi connectivity index (χ2n) is 5.55. The molecular formula is C19H18I2. The SMILES string of the molecule is C=CCC1/C(=C\CI)c2ccccc2C2C=C(I)C=CC12. The van der Waals surface area contributed by atoms with Crippen molar-refractivity contribution in [3.05, 3.63) is 75.9 Å². The molecule has 0 fully saturated rings. The Morgan fingerprint density at radius 1 is 1.24 bits per heavy atom. The van der Waals surface area contributed by atoms with Gasteiger partial charge in [-0.2, -0.15) is 0 Å². The third-order valence-electron chi connectivity index (χ3n) is 4.44. The van der Waals surface area contributed by atoms with Gasteiger partial charge >= 0.3 is 0 Å². The van der Waals surface area contributed by atoms with Gasteiger partial charge in [0.15, 0.2) is 0 Å². The molecule has 2 aliphatic carbocycles. The highest BCUT2D eigenvalue weighted by Gasteiger charge is 2.37. The molecule has 0 saturated carbocycles. The Kier molecular flexibility index (Phi) is 5.04. The first-order valence-electron chi connectivity index (χ1n) is 7.28. The van der Waals surface area contributed by atoms with Crippen LogP contribution in [-0.4, -0.2) is 4.43 Å². The highest BCUT2D eigenvalue weighted by molar-refractivity contribution is 14.1. The molecule has 0 amide bonds. The summed E-state index contributed by atoms with van der Waals surface area (Å²) in [5, 5.41) is 0. The van der Waals surface area contributed by atoms with E-state index < -0.39 is 0 Å². The maximum atomic E-state index is 3.99. The van der Waals surface area contributed by atoms with Crippen molar-refractivity contribution in [1.82, 2.24) is 0 Å². The fourth-order valence-electron chi connectivity index (χ4n) is 3.61. The predicted octanol–water partition coefficient (Wildman–Crippen LogP) is 6.30. The maximum absolute atomic E-state index is 3.99. The van der Waals surface area contributed by atoms with E-state index in [4.69, 9.17) is 0 Å². The van der Waals surface area contributed by atoms with Gasteiger partial charge < -0.3 is 0 Å². The molecule has 21 heavy (non-hydrogen) atoms. The van der Waals surface area contributed by atoms with E-state index in [1.54, 1.807) is 0 Å². The molecule has 0 heterocycles. The van der Waals surface area contributed by atoms with Crippen LogP contribution in [0.25, 0.3) is 5.57 Å². The van der Waals surface area contributed by atoms with Gasteiger partial charge in [-0.3, -0.25) is 0 Å². The van der Waals surface area contributed by atoms with Crippen LogP contribution in [0.5, 0.6) is 0 Å². The Labute approximate surface area is 154 Å². The zero-order valence-electron chi connectivity index (χ0n) is 11.8. The van der Waals surface area contributed by atoms with E-state index in [0.717, 1.165) is 10.8 Å². The Morgan fingerprint density at radius 2 is 2.05 bits per heavy atom. The molecule has 1 aromatic rings. The van der Waals surface area contributed by atoms with Crippen LogP contribution in [0.3, 0.4) is 0 Å². The van der Waals surface area contributed by atoms with Gasteiger partial charge in [-0.05, 0) is 57.5 Å². The van der Waals surface area contributed by atoms with E-state index in [9.17, 15) is 0 Å². The lowest BCUT2D eigenvalue weighted by atomic mass is 9.64. The summed E-state index contributed by atoms with van der Waals surface area (Å²) in [5.74, 6) is 1.62. The van der Waals surface area contributed by atoms with Gasteiger partial charge in [0.1, 0.15) is 0 Å². The Bertz CT molecular complexity index is 637. The van der Waals surface area contributed by atoms with Crippen LogP contribution < -0.4 is 0 Å². The van der Waals surface area contributed by atoms with E-state index in [-0.39, 0.29) is 0 Å². The number of hydrogen-bond acceptors (Lipinski definition) is 0. The molecule has 0 aliphatic heterocycles. The van der Waals surface area contributed by atoms with Crippen molar-refractivity contribution in [2.24, 2.45) is 11.8 Å². The lowest BCUT2D eigenvalue weighted by Crippen LogP contribution is -2.28. The average Bonchev–Trinajstić information content (AvgIpc) is 2.51. The molecule has 0 bridgehead atoms.